The van der Waals surface area contributed by atoms with Gasteiger partial charge >= 0.3 is 0 Å². The highest BCUT2D eigenvalue weighted by Crippen LogP contribution is 2.30. The number of hydrogen-bond acceptors (Lipinski definition) is 8. The van der Waals surface area contributed by atoms with Crippen LogP contribution in [0.5, 0.6) is 0 Å². The molecule has 1 fully saturated rings. The van der Waals surface area contributed by atoms with Gasteiger partial charge in [-0.2, -0.15) is 4.98 Å². The van der Waals surface area contributed by atoms with Crippen LogP contribution in [0.1, 0.15) is 6.23 Å². The largest absolute Gasteiger partial charge is 0.394 e. The van der Waals surface area contributed by atoms with Crippen molar-refractivity contribution in [3.8, 4) is 0 Å². The van der Waals surface area contributed by atoms with E-state index in [1.807, 2.05) is 0 Å². The van der Waals surface area contributed by atoms with Crippen LogP contribution in [0.2, 0.25) is 0 Å². The monoisotopic (exact) mass is 338 g/mol. The number of aliphatic hydroxyl groups is 3. The highest BCUT2D eigenvalue weighted by molar-refractivity contribution is 5.71. The van der Waals surface area contributed by atoms with Gasteiger partial charge in [0.2, 0.25) is 5.95 Å². The maximum atomic E-state index is 12.1. The molecule has 24 heavy (non-hydrogen) atoms. The first kappa shape index (κ1) is 16.5. The van der Waals surface area contributed by atoms with E-state index in [1.54, 1.807) is 19.0 Å². The van der Waals surface area contributed by atoms with E-state index in [0.717, 1.165) is 0 Å². The molecule has 4 N–H and O–H groups in total. The van der Waals surface area contributed by atoms with Crippen molar-refractivity contribution >= 4 is 23.5 Å². The van der Waals surface area contributed by atoms with Gasteiger partial charge in [-0.05, 0) is 0 Å². The molecule has 4 atom stereocenters. The van der Waals surface area contributed by atoms with Crippen LogP contribution in [0.15, 0.2) is 16.1 Å². The predicted octanol–water partition coefficient (Wildman–Crippen LogP) is -2.05. The first-order chi connectivity index (χ1) is 11.4. The van der Waals surface area contributed by atoms with Gasteiger partial charge in [-0.1, -0.05) is 0 Å². The summed E-state index contributed by atoms with van der Waals surface area (Å²) >= 11 is 0. The molecule has 3 heterocycles. The Kier molecular flexibility index (Phi) is 4.32. The number of ether oxygens (including phenoxy) is 1. The van der Waals surface area contributed by atoms with Gasteiger partial charge in [0.1, 0.15) is 18.3 Å². The van der Waals surface area contributed by atoms with Crippen molar-refractivity contribution in [1.82, 2.24) is 24.4 Å². The number of nitrogens with zero attached hydrogens (tertiary/aromatic N) is 5. The molecule has 0 aliphatic carbocycles. The van der Waals surface area contributed by atoms with Gasteiger partial charge in [-0.3, -0.25) is 14.3 Å². The number of imidazole rings is 1. The van der Waals surface area contributed by atoms with Crippen LogP contribution in [0.25, 0.3) is 11.2 Å². The van der Waals surface area contributed by atoms with Crippen molar-refractivity contribution in [2.45, 2.75) is 24.5 Å². The summed E-state index contributed by atoms with van der Waals surface area (Å²) in [5.74, 6) is 0.0645. The second kappa shape index (κ2) is 6.28. The zero-order valence-electron chi connectivity index (χ0n) is 13.1. The third-order valence-corrected chi connectivity index (χ3v) is 3.62. The Morgan fingerprint density at radius 1 is 1.46 bits per heavy atom. The van der Waals surface area contributed by atoms with Gasteiger partial charge in [0.15, 0.2) is 17.4 Å². The zero-order chi connectivity index (χ0) is 17.4. The van der Waals surface area contributed by atoms with Crippen molar-refractivity contribution in [2.75, 3.05) is 20.7 Å². The number of nitrogens with one attached hydrogen (secondary N) is 1. The van der Waals surface area contributed by atoms with Gasteiger partial charge in [0.05, 0.1) is 19.3 Å². The second-order valence-electron chi connectivity index (χ2n) is 5.65. The lowest BCUT2D eigenvalue weighted by atomic mass is 10.1. The van der Waals surface area contributed by atoms with E-state index >= 15 is 0 Å². The minimum absolute atomic E-state index is 0.0524. The summed E-state index contributed by atoms with van der Waals surface area (Å²) in [7, 11) is 3.53. The molecule has 0 radical (unpaired) electrons. The predicted molar refractivity (Wildman–Crippen MR) is 83.0 cm³/mol. The van der Waals surface area contributed by atoms with Crippen molar-refractivity contribution in [3.05, 3.63) is 16.7 Å². The van der Waals surface area contributed by atoms with Crippen molar-refractivity contribution in [3.63, 3.8) is 0 Å². The number of aliphatic imine (C=N–C) groups is 1. The Balaban J connectivity index is 2.05. The maximum Gasteiger partial charge on any atom is 0.280 e. The van der Waals surface area contributed by atoms with Gasteiger partial charge in [-0.25, -0.2) is 9.98 Å². The number of aliphatic hydroxyl groups excluding tert-OH is 3. The molecular formula is C13H18N6O5. The van der Waals surface area contributed by atoms with Crippen molar-refractivity contribution < 1.29 is 20.1 Å². The quantitative estimate of drug-likeness (QED) is 0.368. The first-order valence-electron chi connectivity index (χ1n) is 7.22. The summed E-state index contributed by atoms with van der Waals surface area (Å²) < 4.78 is 6.78. The standard InChI is InChI=1S/C13H18N6O5/c1-18(2)4-15-13-16-10-7(11(23)17-13)14-5-19(10)12-9(22)8(21)6(3-20)24-12/h4-6,8-9,12,20-22H,3H2,1-2H3,(H,16,17,23)/t6-,8+,9?,12-/m1/s1. The van der Waals surface area contributed by atoms with Gasteiger partial charge in [0.25, 0.3) is 5.56 Å². The summed E-state index contributed by atoms with van der Waals surface area (Å²) in [6.45, 7) is -0.451. The minimum atomic E-state index is -1.30. The molecule has 2 aromatic heterocycles. The molecule has 0 saturated carbocycles. The minimum Gasteiger partial charge on any atom is -0.394 e. The summed E-state index contributed by atoms with van der Waals surface area (Å²) in [4.78, 5) is 28.5. The highest BCUT2D eigenvalue weighted by atomic mass is 16.6. The number of fused-ring (bicyclic) bond motifs is 1. The molecule has 0 spiro atoms. The van der Waals surface area contributed by atoms with Crippen LogP contribution < -0.4 is 5.56 Å². The Hall–Kier alpha value is -2.34. The average molecular weight is 338 g/mol. The summed E-state index contributed by atoms with van der Waals surface area (Å²) in [5.41, 5.74) is -0.285. The van der Waals surface area contributed by atoms with E-state index < -0.39 is 36.7 Å². The highest BCUT2D eigenvalue weighted by Gasteiger charge is 2.44. The lowest BCUT2D eigenvalue weighted by Gasteiger charge is -2.16. The van der Waals surface area contributed by atoms with Crippen molar-refractivity contribution in [1.29, 1.82) is 0 Å². The van der Waals surface area contributed by atoms with E-state index in [-0.39, 0.29) is 17.1 Å². The maximum absolute atomic E-state index is 12.1. The van der Waals surface area contributed by atoms with Crippen LogP contribution in [0.4, 0.5) is 5.95 Å². The zero-order valence-corrected chi connectivity index (χ0v) is 13.1. The molecule has 3 rings (SSSR count). The fourth-order valence-electron chi connectivity index (χ4n) is 2.44. The number of aromatic amines is 1. The number of hydrogen-bond donors (Lipinski definition) is 4. The molecule has 1 saturated heterocycles. The third kappa shape index (κ3) is 2.78. The Labute approximate surface area is 135 Å². The molecule has 130 valence electrons. The topological polar surface area (TPSA) is 149 Å². The summed E-state index contributed by atoms with van der Waals surface area (Å²) in [5, 5.41) is 29.2. The lowest BCUT2D eigenvalue weighted by Crippen LogP contribution is -2.33. The Morgan fingerprint density at radius 3 is 2.83 bits per heavy atom. The molecule has 1 unspecified atom stereocenters. The molecule has 1 aliphatic rings. The number of rotatable bonds is 4. The van der Waals surface area contributed by atoms with E-state index in [9.17, 15) is 20.1 Å². The molecule has 2 aromatic rings. The Morgan fingerprint density at radius 2 is 2.21 bits per heavy atom. The first-order valence-corrected chi connectivity index (χ1v) is 7.22. The van der Waals surface area contributed by atoms with E-state index in [4.69, 9.17) is 4.74 Å². The fourth-order valence-corrected chi connectivity index (χ4v) is 2.44. The molecule has 1 aliphatic heterocycles. The fraction of sp³-hybridized carbons (Fsp3) is 0.538. The number of H-pyrrole nitrogens is 1. The van der Waals surface area contributed by atoms with E-state index in [1.165, 1.54) is 17.2 Å². The van der Waals surface area contributed by atoms with Crippen LogP contribution >= 0.6 is 0 Å². The van der Waals surface area contributed by atoms with Gasteiger partial charge < -0.3 is 25.0 Å². The van der Waals surface area contributed by atoms with Crippen LogP contribution in [0.3, 0.4) is 0 Å². The molecule has 0 amide bonds. The molecule has 11 heteroatoms. The van der Waals surface area contributed by atoms with Gasteiger partial charge in [-0.15, -0.1) is 0 Å². The van der Waals surface area contributed by atoms with E-state index in [0.29, 0.717) is 0 Å². The molecule has 0 aromatic carbocycles. The summed E-state index contributed by atoms with van der Waals surface area (Å²) in [6.07, 6.45) is -1.76. The Bertz CT molecular complexity index is 815. The van der Waals surface area contributed by atoms with Gasteiger partial charge in [0, 0.05) is 14.1 Å². The van der Waals surface area contributed by atoms with Crippen molar-refractivity contribution in [2.24, 2.45) is 4.99 Å². The third-order valence-electron chi connectivity index (χ3n) is 3.62. The van der Waals surface area contributed by atoms with Crippen LogP contribution in [-0.4, -0.2) is 85.1 Å². The van der Waals surface area contributed by atoms with E-state index in [2.05, 4.69) is 19.9 Å². The lowest BCUT2D eigenvalue weighted by molar-refractivity contribution is -0.0511. The van der Waals surface area contributed by atoms with Crippen LogP contribution in [-0.2, 0) is 4.74 Å². The second-order valence-corrected chi connectivity index (χ2v) is 5.65. The summed E-state index contributed by atoms with van der Waals surface area (Å²) in [6, 6.07) is 0. The smallest absolute Gasteiger partial charge is 0.280 e. The molecular weight excluding hydrogens is 320 g/mol. The molecule has 0 bridgehead atoms. The average Bonchev–Trinajstić information content (AvgIpc) is 3.08. The van der Waals surface area contributed by atoms with Crippen LogP contribution in [0, 0.1) is 0 Å². The SMILES string of the molecule is CN(C)C=Nc1nc2c(ncn2[C@@H]2O[C@H](CO)[C@H](O)C2O)c(=O)[nH]1. The number of aromatic nitrogens is 4. The normalized spacial score (nSPS) is 27.4. The molecule has 11 nitrogen and oxygen atoms in total.